The lowest BCUT2D eigenvalue weighted by Crippen LogP contribution is -2.26. The van der Waals surface area contributed by atoms with Gasteiger partial charge in [0.1, 0.15) is 11.9 Å². The predicted molar refractivity (Wildman–Crippen MR) is 169 cm³/mol. The molecular weight excluding hydrogens is 559 g/mol. The van der Waals surface area contributed by atoms with E-state index in [1.165, 1.54) is 11.1 Å². The predicted octanol–water partition coefficient (Wildman–Crippen LogP) is 10.1. The Bertz CT molecular complexity index is 1230. The zero-order valence-corrected chi connectivity index (χ0v) is 26.6. The Morgan fingerprint density at radius 3 is 1.65 bits per heavy atom. The molecule has 2 atom stereocenters. The highest BCUT2D eigenvalue weighted by atomic mass is 35.5. The molecule has 4 rings (SSSR count). The van der Waals surface area contributed by atoms with E-state index in [2.05, 4.69) is 65.8 Å². The molecule has 1 saturated heterocycles. The summed E-state index contributed by atoms with van der Waals surface area (Å²) >= 11 is 14.2. The maximum absolute atomic E-state index is 13.2. The van der Waals surface area contributed by atoms with Gasteiger partial charge in [0.15, 0.2) is 0 Å². The standard InChI is InChI=1S/C34H40Cl2O3S/c1-33(2,3)27-17-21(18-28(32(27)38)34(4,5)6)7-16-31(37)39-26-19-29(22-8-12-24(35)13-9-22)40-30(20-26)23-10-14-25(36)15-11-23/h8-15,17-18,26,29-30,38H,7,16,19-20H2,1-6H3. The number of carbonyl (C=O) groups is 1. The second kappa shape index (κ2) is 12.4. The molecule has 3 aromatic carbocycles. The summed E-state index contributed by atoms with van der Waals surface area (Å²) in [6.45, 7) is 12.6. The molecule has 3 nitrogen and oxygen atoms in total. The summed E-state index contributed by atoms with van der Waals surface area (Å²) < 4.78 is 6.13. The first-order valence-electron chi connectivity index (χ1n) is 13.9. The second-order valence-corrected chi connectivity index (χ2v) is 15.1. The lowest BCUT2D eigenvalue weighted by Gasteiger charge is -2.35. The van der Waals surface area contributed by atoms with Crippen LogP contribution in [0.4, 0.5) is 0 Å². The van der Waals surface area contributed by atoms with Gasteiger partial charge in [-0.05, 0) is 69.3 Å². The first kappa shape index (κ1) is 30.8. The highest BCUT2D eigenvalue weighted by Crippen LogP contribution is 2.51. The lowest BCUT2D eigenvalue weighted by atomic mass is 9.78. The maximum Gasteiger partial charge on any atom is 0.306 e. The number of hydrogen-bond donors (Lipinski definition) is 1. The average Bonchev–Trinajstić information content (AvgIpc) is 2.87. The summed E-state index contributed by atoms with van der Waals surface area (Å²) in [5, 5.41) is 12.8. The Kier molecular flexibility index (Phi) is 9.54. The van der Waals surface area contributed by atoms with E-state index in [1.807, 2.05) is 48.2 Å². The minimum atomic E-state index is -0.215. The summed E-state index contributed by atoms with van der Waals surface area (Å²) in [4.78, 5) is 13.2. The number of phenols is 1. The van der Waals surface area contributed by atoms with Gasteiger partial charge in [0.2, 0.25) is 0 Å². The highest BCUT2D eigenvalue weighted by Gasteiger charge is 2.33. The third kappa shape index (κ3) is 7.78. The maximum atomic E-state index is 13.2. The summed E-state index contributed by atoms with van der Waals surface area (Å²) in [5.74, 6) is 0.164. The molecule has 1 N–H and O–H groups in total. The molecule has 40 heavy (non-hydrogen) atoms. The van der Waals surface area contributed by atoms with E-state index >= 15 is 0 Å². The molecule has 0 amide bonds. The fourth-order valence-electron chi connectivity index (χ4n) is 5.24. The van der Waals surface area contributed by atoms with E-state index < -0.39 is 0 Å². The van der Waals surface area contributed by atoms with E-state index in [0.29, 0.717) is 28.6 Å². The second-order valence-electron chi connectivity index (χ2n) is 12.8. The van der Waals surface area contributed by atoms with Crippen LogP contribution in [0.15, 0.2) is 60.7 Å². The molecule has 0 aromatic heterocycles. The molecule has 0 spiro atoms. The van der Waals surface area contributed by atoms with Crippen LogP contribution in [0.25, 0.3) is 0 Å². The Hall–Kier alpha value is -2.14. The Morgan fingerprint density at radius 1 is 0.825 bits per heavy atom. The normalized spacial score (nSPS) is 19.9. The molecule has 1 aliphatic heterocycles. The first-order chi connectivity index (χ1) is 18.7. The number of rotatable bonds is 6. The van der Waals surface area contributed by atoms with Gasteiger partial charge in [-0.1, -0.05) is 101 Å². The first-order valence-corrected chi connectivity index (χ1v) is 15.6. The summed E-state index contributed by atoms with van der Waals surface area (Å²) in [6, 6.07) is 20.0. The molecule has 214 valence electrons. The van der Waals surface area contributed by atoms with Gasteiger partial charge < -0.3 is 9.84 Å². The summed E-state index contributed by atoms with van der Waals surface area (Å²) in [7, 11) is 0. The molecule has 0 saturated carbocycles. The van der Waals surface area contributed by atoms with Crippen molar-refractivity contribution in [2.75, 3.05) is 0 Å². The van der Waals surface area contributed by atoms with E-state index in [9.17, 15) is 9.90 Å². The fourth-order valence-corrected chi connectivity index (χ4v) is 7.17. The Labute approximate surface area is 253 Å². The van der Waals surface area contributed by atoms with Gasteiger partial charge in [0, 0.05) is 39.8 Å². The zero-order chi connectivity index (χ0) is 29.2. The molecule has 0 aliphatic carbocycles. The SMILES string of the molecule is CC(C)(C)c1cc(CCC(=O)OC2CC(c3ccc(Cl)cc3)SC(c3ccc(Cl)cc3)C2)cc(C(C)(C)C)c1O. The van der Waals surface area contributed by atoms with Crippen LogP contribution in [0, 0.1) is 0 Å². The molecule has 1 fully saturated rings. The van der Waals surface area contributed by atoms with Crippen LogP contribution < -0.4 is 0 Å². The quantitative estimate of drug-likeness (QED) is 0.287. The molecule has 0 radical (unpaired) electrons. The van der Waals surface area contributed by atoms with Gasteiger partial charge in [-0.25, -0.2) is 0 Å². The monoisotopic (exact) mass is 598 g/mol. The van der Waals surface area contributed by atoms with Gasteiger partial charge in [-0.15, -0.1) is 11.8 Å². The van der Waals surface area contributed by atoms with Crippen LogP contribution >= 0.6 is 35.0 Å². The lowest BCUT2D eigenvalue weighted by molar-refractivity contribution is -0.149. The number of benzene rings is 3. The third-order valence-corrected chi connectivity index (χ3v) is 9.56. The van der Waals surface area contributed by atoms with Crippen molar-refractivity contribution < 1.29 is 14.6 Å². The van der Waals surface area contributed by atoms with Crippen LogP contribution in [-0.2, 0) is 26.8 Å². The van der Waals surface area contributed by atoms with Crippen LogP contribution in [0.5, 0.6) is 5.75 Å². The minimum absolute atomic E-state index is 0.185. The fraction of sp³-hybridized carbons (Fsp3) is 0.441. The van der Waals surface area contributed by atoms with Crippen molar-refractivity contribution in [3.05, 3.63) is 98.5 Å². The number of ether oxygens (including phenoxy) is 1. The highest BCUT2D eigenvalue weighted by molar-refractivity contribution is 7.99. The number of halogens is 2. The van der Waals surface area contributed by atoms with Crippen molar-refractivity contribution >= 4 is 40.9 Å². The smallest absolute Gasteiger partial charge is 0.306 e. The molecule has 3 aromatic rings. The number of phenolic OH excluding ortho intramolecular Hbond substituents is 1. The zero-order valence-electron chi connectivity index (χ0n) is 24.3. The average molecular weight is 600 g/mol. The molecule has 6 heteroatoms. The molecule has 0 bridgehead atoms. The summed E-state index contributed by atoms with van der Waals surface area (Å²) in [6.07, 6.45) is 2.17. The van der Waals surface area contributed by atoms with Crippen molar-refractivity contribution in [1.29, 1.82) is 0 Å². The minimum Gasteiger partial charge on any atom is -0.507 e. The van der Waals surface area contributed by atoms with Crippen LogP contribution in [0.2, 0.25) is 10.0 Å². The number of hydrogen-bond acceptors (Lipinski definition) is 4. The van der Waals surface area contributed by atoms with Crippen LogP contribution in [-0.4, -0.2) is 17.2 Å². The molecule has 1 heterocycles. The Balaban J connectivity index is 1.50. The van der Waals surface area contributed by atoms with Crippen molar-refractivity contribution in [2.24, 2.45) is 0 Å². The topological polar surface area (TPSA) is 46.5 Å². The number of thioether (sulfide) groups is 1. The van der Waals surface area contributed by atoms with E-state index in [0.717, 1.165) is 29.5 Å². The number of carbonyl (C=O) groups excluding carboxylic acids is 1. The third-order valence-electron chi connectivity index (χ3n) is 7.47. The van der Waals surface area contributed by atoms with Gasteiger partial charge in [0.05, 0.1) is 0 Å². The molecule has 2 unspecified atom stereocenters. The molecule has 1 aliphatic rings. The van der Waals surface area contributed by atoms with Gasteiger partial charge in [-0.2, -0.15) is 0 Å². The molecular formula is C34H40Cl2O3S. The van der Waals surface area contributed by atoms with Gasteiger partial charge >= 0.3 is 5.97 Å². The van der Waals surface area contributed by atoms with E-state index in [4.69, 9.17) is 27.9 Å². The van der Waals surface area contributed by atoms with E-state index in [1.54, 1.807) is 0 Å². The van der Waals surface area contributed by atoms with Crippen molar-refractivity contribution in [1.82, 2.24) is 0 Å². The van der Waals surface area contributed by atoms with Gasteiger partial charge in [0.25, 0.3) is 0 Å². The van der Waals surface area contributed by atoms with Crippen molar-refractivity contribution in [2.45, 2.75) is 94.7 Å². The van der Waals surface area contributed by atoms with Crippen LogP contribution in [0.3, 0.4) is 0 Å². The van der Waals surface area contributed by atoms with Crippen LogP contribution in [0.1, 0.15) is 99.1 Å². The largest absolute Gasteiger partial charge is 0.507 e. The summed E-state index contributed by atoms with van der Waals surface area (Å²) in [5.41, 5.74) is 4.79. The van der Waals surface area contributed by atoms with Crippen molar-refractivity contribution in [3.8, 4) is 5.75 Å². The van der Waals surface area contributed by atoms with E-state index in [-0.39, 0.29) is 33.4 Å². The number of esters is 1. The van der Waals surface area contributed by atoms with Crippen molar-refractivity contribution in [3.63, 3.8) is 0 Å². The number of aryl methyl sites for hydroxylation is 1. The van der Waals surface area contributed by atoms with Gasteiger partial charge in [-0.3, -0.25) is 4.79 Å². The Morgan fingerprint density at radius 2 is 1.25 bits per heavy atom. The number of aromatic hydroxyl groups is 1.